The summed E-state index contributed by atoms with van der Waals surface area (Å²) in [5, 5.41) is 3.01. The van der Waals surface area contributed by atoms with Crippen molar-refractivity contribution in [2.75, 3.05) is 59.5 Å². The number of carbonyl (C=O) groups excluding carboxylic acids is 1. The summed E-state index contributed by atoms with van der Waals surface area (Å²) in [5.41, 5.74) is -0.760. The van der Waals surface area contributed by atoms with Crippen LogP contribution < -0.4 is 4.74 Å². The van der Waals surface area contributed by atoms with Crippen LogP contribution in [0.25, 0.3) is 0 Å². The maximum Gasteiger partial charge on any atom is 0.225 e. The molecule has 0 bridgehead atoms. The third kappa shape index (κ3) is 6.00. The van der Waals surface area contributed by atoms with Crippen molar-refractivity contribution in [3.05, 3.63) is 46.7 Å². The summed E-state index contributed by atoms with van der Waals surface area (Å²) in [6, 6.07) is 5.94. The van der Waals surface area contributed by atoms with Crippen LogP contribution in [0.1, 0.15) is 11.4 Å². The summed E-state index contributed by atoms with van der Waals surface area (Å²) < 4.78 is 25.5. The molecular formula is C22H29FN4O3S. The van der Waals surface area contributed by atoms with Gasteiger partial charge in [-0.25, -0.2) is 9.37 Å². The number of ether oxygens (including phenoxy) is 2. The van der Waals surface area contributed by atoms with Crippen LogP contribution in [-0.4, -0.2) is 90.7 Å². The first kappa shape index (κ1) is 22.1. The molecule has 2 saturated heterocycles. The molecule has 1 amide bonds. The highest BCUT2D eigenvalue weighted by atomic mass is 32.1. The largest absolute Gasteiger partial charge is 0.491 e. The van der Waals surface area contributed by atoms with E-state index in [1.165, 1.54) is 12.1 Å². The van der Waals surface area contributed by atoms with Gasteiger partial charge in [0.05, 0.1) is 19.6 Å². The number of likely N-dealkylation sites (N-methyl/N-ethyl adjacent to an activating group) is 1. The Morgan fingerprint density at radius 3 is 2.71 bits per heavy atom. The van der Waals surface area contributed by atoms with Crippen LogP contribution in [0.3, 0.4) is 0 Å². The molecule has 3 heterocycles. The lowest BCUT2D eigenvalue weighted by atomic mass is 9.96. The Morgan fingerprint density at radius 2 is 2.00 bits per heavy atom. The number of carbonyl (C=O) groups is 1. The van der Waals surface area contributed by atoms with E-state index in [9.17, 15) is 9.18 Å². The molecule has 2 aliphatic heterocycles. The highest BCUT2D eigenvalue weighted by Gasteiger charge is 2.41. The summed E-state index contributed by atoms with van der Waals surface area (Å²) in [5.74, 6) is 0.344. The number of hydrogen-bond donors (Lipinski definition) is 0. The molecule has 2 fully saturated rings. The minimum atomic E-state index is -0.760. The average molecular weight is 449 g/mol. The SMILES string of the molecule is CN1CCN(C(=O)C[C@]2(COc3ccc(F)cc3)CN(Cc3nccs3)CCO2)CC1. The third-order valence-corrected chi connectivity index (χ3v) is 6.58. The number of aromatic nitrogens is 1. The number of thiazole rings is 1. The van der Waals surface area contributed by atoms with E-state index in [4.69, 9.17) is 9.47 Å². The molecular weight excluding hydrogens is 419 g/mol. The Balaban J connectivity index is 1.46. The Kier molecular flexibility index (Phi) is 7.16. The molecule has 0 radical (unpaired) electrons. The summed E-state index contributed by atoms with van der Waals surface area (Å²) in [4.78, 5) is 24.0. The summed E-state index contributed by atoms with van der Waals surface area (Å²) >= 11 is 1.62. The van der Waals surface area contributed by atoms with Gasteiger partial charge >= 0.3 is 0 Å². The summed E-state index contributed by atoms with van der Waals surface area (Å²) in [6.07, 6.45) is 2.06. The van der Waals surface area contributed by atoms with Gasteiger partial charge in [-0.3, -0.25) is 9.69 Å². The van der Waals surface area contributed by atoms with Crippen LogP contribution in [0, 0.1) is 5.82 Å². The molecule has 0 N–H and O–H groups in total. The summed E-state index contributed by atoms with van der Waals surface area (Å²) in [6.45, 7) is 6.04. The van der Waals surface area contributed by atoms with Crippen molar-refractivity contribution in [1.29, 1.82) is 0 Å². The van der Waals surface area contributed by atoms with Crippen molar-refractivity contribution in [3.63, 3.8) is 0 Å². The second kappa shape index (κ2) is 10.0. The second-order valence-electron chi connectivity index (χ2n) is 8.27. The lowest BCUT2D eigenvalue weighted by molar-refractivity contribution is -0.157. The average Bonchev–Trinajstić information content (AvgIpc) is 3.27. The van der Waals surface area contributed by atoms with Crippen LogP contribution >= 0.6 is 11.3 Å². The van der Waals surface area contributed by atoms with E-state index in [2.05, 4.69) is 21.8 Å². The zero-order valence-electron chi connectivity index (χ0n) is 17.8. The number of nitrogens with zero attached hydrogens (tertiary/aromatic N) is 4. The maximum atomic E-state index is 13.2. The second-order valence-corrected chi connectivity index (χ2v) is 9.25. The fraction of sp³-hybridized carbons (Fsp3) is 0.545. The molecule has 1 atom stereocenters. The Hall–Kier alpha value is -2.07. The topological polar surface area (TPSA) is 58.1 Å². The quantitative estimate of drug-likeness (QED) is 0.647. The van der Waals surface area contributed by atoms with Gasteiger partial charge in [0.25, 0.3) is 0 Å². The Bertz CT molecular complexity index is 843. The van der Waals surface area contributed by atoms with Gasteiger partial charge < -0.3 is 19.3 Å². The molecule has 0 spiro atoms. The molecule has 31 heavy (non-hydrogen) atoms. The van der Waals surface area contributed by atoms with Gasteiger partial charge in [-0.15, -0.1) is 11.3 Å². The van der Waals surface area contributed by atoms with Crippen molar-refractivity contribution in [1.82, 2.24) is 19.7 Å². The van der Waals surface area contributed by atoms with E-state index >= 15 is 0 Å². The van der Waals surface area contributed by atoms with Gasteiger partial charge in [-0.1, -0.05) is 0 Å². The van der Waals surface area contributed by atoms with Gasteiger partial charge in [0.2, 0.25) is 5.91 Å². The Labute approximate surface area is 186 Å². The van der Waals surface area contributed by atoms with E-state index in [-0.39, 0.29) is 24.8 Å². The van der Waals surface area contributed by atoms with Crippen LogP contribution in [0.2, 0.25) is 0 Å². The molecule has 4 rings (SSSR count). The zero-order valence-corrected chi connectivity index (χ0v) is 18.7. The zero-order chi connectivity index (χ0) is 21.7. The van der Waals surface area contributed by atoms with Crippen molar-refractivity contribution < 1.29 is 18.7 Å². The number of hydrogen-bond acceptors (Lipinski definition) is 7. The van der Waals surface area contributed by atoms with E-state index in [0.29, 0.717) is 18.9 Å². The predicted molar refractivity (Wildman–Crippen MR) is 117 cm³/mol. The van der Waals surface area contributed by atoms with Crippen LogP contribution in [0.15, 0.2) is 35.8 Å². The first-order chi connectivity index (χ1) is 15.0. The number of halogens is 1. The number of benzene rings is 1. The third-order valence-electron chi connectivity index (χ3n) is 5.81. The van der Waals surface area contributed by atoms with Gasteiger partial charge in [0.1, 0.15) is 28.8 Å². The van der Waals surface area contributed by atoms with E-state index in [1.54, 1.807) is 23.5 Å². The predicted octanol–water partition coefficient (Wildman–Crippen LogP) is 2.10. The summed E-state index contributed by atoms with van der Waals surface area (Å²) in [7, 11) is 2.07. The molecule has 0 saturated carbocycles. The molecule has 9 heteroatoms. The lowest BCUT2D eigenvalue weighted by Gasteiger charge is -2.43. The first-order valence-corrected chi connectivity index (χ1v) is 11.5. The van der Waals surface area contributed by atoms with Crippen molar-refractivity contribution in [3.8, 4) is 5.75 Å². The molecule has 0 unspecified atom stereocenters. The number of amides is 1. The minimum Gasteiger partial charge on any atom is -0.491 e. The Morgan fingerprint density at radius 1 is 1.23 bits per heavy atom. The number of piperazine rings is 1. The van der Waals surface area contributed by atoms with Crippen molar-refractivity contribution >= 4 is 17.2 Å². The molecule has 2 aliphatic rings. The van der Waals surface area contributed by atoms with Gasteiger partial charge in [0, 0.05) is 50.8 Å². The number of rotatable bonds is 7. The normalized spacial score (nSPS) is 23.1. The van der Waals surface area contributed by atoms with E-state index in [0.717, 1.165) is 44.3 Å². The van der Waals surface area contributed by atoms with Crippen molar-refractivity contribution in [2.24, 2.45) is 0 Å². The first-order valence-electron chi connectivity index (χ1n) is 10.6. The standard InChI is InChI=1S/C22H29FN4O3S/c1-25-7-9-27(10-8-25)21(28)14-22(17-29-19-4-2-18(23)3-5-19)16-26(11-12-30-22)15-20-24-6-13-31-20/h2-6,13H,7-12,14-17H2,1H3/t22-/m1/s1. The van der Waals surface area contributed by atoms with Crippen LogP contribution in [0.5, 0.6) is 5.75 Å². The molecule has 1 aromatic heterocycles. The molecule has 2 aromatic rings. The molecule has 0 aliphatic carbocycles. The van der Waals surface area contributed by atoms with Gasteiger partial charge in [0.15, 0.2) is 0 Å². The molecule has 1 aromatic carbocycles. The lowest BCUT2D eigenvalue weighted by Crippen LogP contribution is -2.58. The monoisotopic (exact) mass is 448 g/mol. The molecule has 7 nitrogen and oxygen atoms in total. The van der Waals surface area contributed by atoms with E-state index in [1.807, 2.05) is 16.5 Å². The van der Waals surface area contributed by atoms with E-state index < -0.39 is 5.60 Å². The fourth-order valence-corrected chi connectivity index (χ4v) is 4.67. The van der Waals surface area contributed by atoms with Crippen LogP contribution in [-0.2, 0) is 16.1 Å². The highest BCUT2D eigenvalue weighted by Crippen LogP contribution is 2.27. The minimum absolute atomic E-state index is 0.0897. The highest BCUT2D eigenvalue weighted by molar-refractivity contribution is 7.09. The molecule has 168 valence electrons. The number of morpholine rings is 1. The van der Waals surface area contributed by atoms with Crippen molar-refractivity contribution in [2.45, 2.75) is 18.6 Å². The van der Waals surface area contributed by atoms with Gasteiger partial charge in [-0.05, 0) is 31.3 Å². The smallest absolute Gasteiger partial charge is 0.225 e. The van der Waals surface area contributed by atoms with Gasteiger partial charge in [-0.2, -0.15) is 0 Å². The maximum absolute atomic E-state index is 13.2. The fourth-order valence-electron chi connectivity index (χ4n) is 4.01. The van der Waals surface area contributed by atoms with Crippen LogP contribution in [0.4, 0.5) is 4.39 Å².